The number of methoxy groups -OCH3 is 1. The summed E-state index contributed by atoms with van der Waals surface area (Å²) in [7, 11) is 1.55. The Kier molecular flexibility index (Phi) is 7.96. The number of nitrogens with zero attached hydrogens (tertiary/aromatic N) is 1. The van der Waals surface area contributed by atoms with Crippen molar-refractivity contribution in [2.75, 3.05) is 7.11 Å². The first-order chi connectivity index (χ1) is 12.3. The normalized spacial score (nSPS) is 16.0. The maximum atomic E-state index is 12.6. The van der Waals surface area contributed by atoms with E-state index in [2.05, 4.69) is 15.6 Å². The van der Waals surface area contributed by atoms with Crippen molar-refractivity contribution in [3.63, 3.8) is 0 Å². The van der Waals surface area contributed by atoms with Gasteiger partial charge in [-0.25, -0.2) is 0 Å². The highest BCUT2D eigenvalue weighted by Crippen LogP contribution is 2.32. The number of piperidine rings is 1. The van der Waals surface area contributed by atoms with E-state index >= 15 is 0 Å². The molecule has 1 fully saturated rings. The summed E-state index contributed by atoms with van der Waals surface area (Å²) in [5.74, 6) is -0.581. The van der Waals surface area contributed by atoms with Gasteiger partial charge in [0.1, 0.15) is 11.8 Å². The number of carbonyl (C=O) groups is 3. The summed E-state index contributed by atoms with van der Waals surface area (Å²) >= 11 is 0. The fraction of sp³-hybridized carbons (Fsp3) is 0.474. The molecule has 0 radical (unpaired) electrons. The number of rotatable bonds is 4. The molecule has 1 aliphatic heterocycles. The van der Waals surface area contributed by atoms with Crippen molar-refractivity contribution in [2.45, 2.75) is 53.5 Å². The van der Waals surface area contributed by atoms with Crippen LogP contribution in [0.5, 0.6) is 5.75 Å². The number of aliphatic imine (C=N–C) groups is 1. The molecule has 142 valence electrons. The predicted octanol–water partition coefficient (Wildman–Crippen LogP) is 2.68. The molecule has 1 aromatic rings. The molecule has 0 aliphatic carbocycles. The van der Waals surface area contributed by atoms with Gasteiger partial charge in [-0.1, -0.05) is 13.8 Å². The van der Waals surface area contributed by atoms with E-state index in [4.69, 9.17) is 4.74 Å². The largest absolute Gasteiger partial charge is 0.496 e. The third-order valence-corrected chi connectivity index (χ3v) is 3.73. The number of amides is 3. The third kappa shape index (κ3) is 5.15. The second-order valence-corrected chi connectivity index (χ2v) is 5.83. The van der Waals surface area contributed by atoms with E-state index in [9.17, 15) is 14.4 Å². The Balaban J connectivity index is 0.00000163. The SMILES string of the molecule is CC.COc1ccc(C(=O)NC2CCC(=O)NC2=O)c(N=C(C)C)c1C. The van der Waals surface area contributed by atoms with E-state index in [0.717, 1.165) is 11.3 Å². The topological polar surface area (TPSA) is 96.9 Å². The first kappa shape index (κ1) is 21.3. The molecule has 0 aromatic heterocycles. The van der Waals surface area contributed by atoms with E-state index in [-0.39, 0.29) is 18.7 Å². The molecule has 2 rings (SSSR count). The van der Waals surface area contributed by atoms with Crippen LogP contribution < -0.4 is 15.4 Å². The van der Waals surface area contributed by atoms with Crippen LogP contribution in [-0.2, 0) is 9.59 Å². The van der Waals surface area contributed by atoms with Crippen molar-refractivity contribution < 1.29 is 19.1 Å². The maximum absolute atomic E-state index is 12.6. The molecule has 1 heterocycles. The smallest absolute Gasteiger partial charge is 0.254 e. The van der Waals surface area contributed by atoms with E-state index in [1.165, 1.54) is 0 Å². The number of carbonyl (C=O) groups excluding carboxylic acids is 3. The molecule has 0 saturated carbocycles. The van der Waals surface area contributed by atoms with Gasteiger partial charge in [-0.05, 0) is 39.3 Å². The van der Waals surface area contributed by atoms with Crippen LogP contribution in [-0.4, -0.2) is 36.6 Å². The Morgan fingerprint density at radius 2 is 1.92 bits per heavy atom. The fourth-order valence-corrected chi connectivity index (χ4v) is 2.52. The summed E-state index contributed by atoms with van der Waals surface area (Å²) in [5, 5.41) is 4.89. The summed E-state index contributed by atoms with van der Waals surface area (Å²) in [6.07, 6.45) is 0.494. The molecule has 26 heavy (non-hydrogen) atoms. The molecule has 1 unspecified atom stereocenters. The lowest BCUT2D eigenvalue weighted by molar-refractivity contribution is -0.134. The Morgan fingerprint density at radius 1 is 1.27 bits per heavy atom. The second kappa shape index (κ2) is 9.70. The molecular weight excluding hydrogens is 334 g/mol. The fourth-order valence-electron chi connectivity index (χ4n) is 2.52. The summed E-state index contributed by atoms with van der Waals surface area (Å²) in [5.41, 5.74) is 2.41. The monoisotopic (exact) mass is 361 g/mol. The van der Waals surface area contributed by atoms with Crippen molar-refractivity contribution >= 4 is 29.1 Å². The van der Waals surface area contributed by atoms with Gasteiger partial charge in [0.25, 0.3) is 5.91 Å². The molecule has 3 amide bonds. The van der Waals surface area contributed by atoms with Crippen molar-refractivity contribution in [3.05, 3.63) is 23.3 Å². The lowest BCUT2D eigenvalue weighted by atomic mass is 10.0. The van der Waals surface area contributed by atoms with Crippen LogP contribution >= 0.6 is 0 Å². The number of nitrogens with one attached hydrogen (secondary N) is 2. The number of benzene rings is 1. The number of ether oxygens (including phenoxy) is 1. The van der Waals surface area contributed by atoms with E-state index in [1.54, 1.807) is 19.2 Å². The quantitative estimate of drug-likeness (QED) is 0.636. The third-order valence-electron chi connectivity index (χ3n) is 3.73. The van der Waals surface area contributed by atoms with Gasteiger partial charge in [-0.15, -0.1) is 0 Å². The van der Waals surface area contributed by atoms with Crippen LogP contribution in [0.15, 0.2) is 17.1 Å². The molecular formula is C19H27N3O4. The van der Waals surface area contributed by atoms with Crippen molar-refractivity contribution in [1.29, 1.82) is 0 Å². The van der Waals surface area contributed by atoms with Gasteiger partial charge in [0.15, 0.2) is 0 Å². The van der Waals surface area contributed by atoms with Gasteiger partial charge in [-0.2, -0.15) is 0 Å². The van der Waals surface area contributed by atoms with Gasteiger partial charge in [0.05, 0.1) is 18.4 Å². The van der Waals surface area contributed by atoms with Crippen LogP contribution in [0.1, 0.15) is 56.5 Å². The molecule has 7 nitrogen and oxygen atoms in total. The number of hydrogen-bond acceptors (Lipinski definition) is 5. The number of hydrogen-bond donors (Lipinski definition) is 2. The molecule has 1 atom stereocenters. The average molecular weight is 361 g/mol. The Bertz CT molecular complexity index is 722. The molecule has 7 heteroatoms. The highest BCUT2D eigenvalue weighted by Gasteiger charge is 2.29. The summed E-state index contributed by atoms with van der Waals surface area (Å²) in [6, 6.07) is 2.59. The van der Waals surface area contributed by atoms with Gasteiger partial charge < -0.3 is 10.1 Å². The molecule has 1 aliphatic rings. The zero-order chi connectivity index (χ0) is 19.9. The summed E-state index contributed by atoms with van der Waals surface area (Å²) in [6.45, 7) is 9.49. The van der Waals surface area contributed by atoms with Crippen LogP contribution in [0.3, 0.4) is 0 Å². The lowest BCUT2D eigenvalue weighted by Crippen LogP contribution is -2.52. The van der Waals surface area contributed by atoms with E-state index in [0.29, 0.717) is 17.0 Å². The van der Waals surface area contributed by atoms with Crippen LogP contribution in [0.4, 0.5) is 5.69 Å². The van der Waals surface area contributed by atoms with E-state index in [1.807, 2.05) is 34.6 Å². The van der Waals surface area contributed by atoms with Crippen LogP contribution in [0, 0.1) is 6.92 Å². The Labute approximate surface area is 154 Å². The highest BCUT2D eigenvalue weighted by molar-refractivity contribution is 6.06. The molecule has 0 spiro atoms. The van der Waals surface area contributed by atoms with Gasteiger partial charge in [0.2, 0.25) is 11.8 Å². The molecule has 1 aromatic carbocycles. The zero-order valence-electron chi connectivity index (χ0n) is 16.2. The minimum atomic E-state index is -0.725. The molecule has 0 bridgehead atoms. The molecule has 2 N–H and O–H groups in total. The Morgan fingerprint density at radius 3 is 2.46 bits per heavy atom. The van der Waals surface area contributed by atoms with Crippen LogP contribution in [0.25, 0.3) is 0 Å². The van der Waals surface area contributed by atoms with E-state index < -0.39 is 17.9 Å². The zero-order valence-corrected chi connectivity index (χ0v) is 16.2. The highest BCUT2D eigenvalue weighted by atomic mass is 16.5. The molecule has 1 saturated heterocycles. The first-order valence-corrected chi connectivity index (χ1v) is 8.67. The van der Waals surface area contributed by atoms with Gasteiger partial charge >= 0.3 is 0 Å². The second-order valence-electron chi connectivity index (χ2n) is 5.83. The van der Waals surface area contributed by atoms with Crippen molar-refractivity contribution in [2.24, 2.45) is 4.99 Å². The minimum absolute atomic E-state index is 0.206. The minimum Gasteiger partial charge on any atom is -0.496 e. The standard InChI is InChI=1S/C17H21N3O4.C2H6/c1-9(2)18-15-10(3)13(24-4)7-5-11(15)16(22)19-12-6-8-14(21)20-17(12)23;1-2/h5,7,12H,6,8H2,1-4H3,(H,19,22)(H,20,21,23);1-2H3. The first-order valence-electron chi connectivity index (χ1n) is 8.67. The predicted molar refractivity (Wildman–Crippen MR) is 101 cm³/mol. The lowest BCUT2D eigenvalue weighted by Gasteiger charge is -2.22. The van der Waals surface area contributed by atoms with Gasteiger partial charge in [0, 0.05) is 17.7 Å². The summed E-state index contributed by atoms with van der Waals surface area (Å²) in [4.78, 5) is 40.0. The van der Waals surface area contributed by atoms with Crippen LogP contribution in [0.2, 0.25) is 0 Å². The van der Waals surface area contributed by atoms with Crippen molar-refractivity contribution in [1.82, 2.24) is 10.6 Å². The maximum Gasteiger partial charge on any atom is 0.254 e. The summed E-state index contributed by atoms with van der Waals surface area (Å²) < 4.78 is 5.28. The average Bonchev–Trinajstić information content (AvgIpc) is 2.60. The Hall–Kier alpha value is -2.70. The van der Waals surface area contributed by atoms with Crippen molar-refractivity contribution in [3.8, 4) is 5.75 Å². The van der Waals surface area contributed by atoms with Gasteiger partial charge in [-0.3, -0.25) is 24.7 Å². The number of imide groups is 1.